The van der Waals surface area contributed by atoms with Gasteiger partial charge in [0.1, 0.15) is 18.5 Å². The Balaban J connectivity index is 1.82. The van der Waals surface area contributed by atoms with E-state index in [-0.39, 0.29) is 12.4 Å². The second kappa shape index (κ2) is 14.9. The maximum Gasteiger partial charge on any atom is 0.303 e. The number of rotatable bonds is 11. The molecular weight excluding hydrogens is 621 g/mol. The van der Waals surface area contributed by atoms with Gasteiger partial charge in [0.05, 0.1) is 0 Å². The smallest absolute Gasteiger partial charge is 0.303 e. The lowest BCUT2D eigenvalue weighted by Gasteiger charge is -2.50. The summed E-state index contributed by atoms with van der Waals surface area (Å²) in [4.78, 5) is 50.7. The van der Waals surface area contributed by atoms with Crippen molar-refractivity contribution in [1.29, 1.82) is 0 Å². The number of carbonyl (C=O) groups is 4. The lowest BCUT2D eigenvalue weighted by Crippen LogP contribution is -2.67. The van der Waals surface area contributed by atoms with Gasteiger partial charge in [-0.1, -0.05) is 24.3 Å². The van der Waals surface area contributed by atoms with Crippen molar-refractivity contribution in [2.45, 2.75) is 70.9 Å². The summed E-state index contributed by atoms with van der Waals surface area (Å²) < 4.78 is 48.0. The summed E-state index contributed by atoms with van der Waals surface area (Å²) in [6, 6.07) is 15.4. The Bertz CT molecular complexity index is 1570. The predicted molar refractivity (Wildman–Crippen MR) is 164 cm³/mol. The summed E-state index contributed by atoms with van der Waals surface area (Å²) in [5.41, 5.74) is 8.98. The number of nitrogens with two attached hydrogens (primary N) is 1. The maximum absolute atomic E-state index is 13.5. The Morgan fingerprint density at radius 2 is 1.50 bits per heavy atom. The van der Waals surface area contributed by atoms with Crippen molar-refractivity contribution in [3.8, 4) is 10.4 Å². The van der Waals surface area contributed by atoms with Crippen LogP contribution < -0.4 is 5.73 Å². The van der Waals surface area contributed by atoms with Gasteiger partial charge in [-0.25, -0.2) is 4.39 Å². The van der Waals surface area contributed by atoms with Gasteiger partial charge in [0, 0.05) is 63.1 Å². The molecule has 1 fully saturated rings. The van der Waals surface area contributed by atoms with E-state index in [1.807, 2.05) is 12.1 Å². The van der Waals surface area contributed by atoms with Crippen LogP contribution in [0.15, 0.2) is 54.6 Å². The Morgan fingerprint density at radius 1 is 0.848 bits per heavy atom. The maximum atomic E-state index is 13.5. The zero-order valence-corrected chi connectivity index (χ0v) is 26.9. The van der Waals surface area contributed by atoms with E-state index >= 15 is 0 Å². The van der Waals surface area contributed by atoms with Gasteiger partial charge in [-0.3, -0.25) is 19.2 Å². The second-order valence-electron chi connectivity index (χ2n) is 10.6. The Hall–Kier alpha value is -4.17. The summed E-state index contributed by atoms with van der Waals surface area (Å²) >= 11 is 1.53. The minimum Gasteiger partial charge on any atom is -0.463 e. The van der Waals surface area contributed by atoms with Crippen molar-refractivity contribution in [2.75, 3.05) is 13.7 Å². The van der Waals surface area contributed by atoms with Crippen LogP contribution in [-0.2, 0) is 66.4 Å². The molecule has 13 heteroatoms. The number of hydrogen-bond donors (Lipinski definition) is 1. The van der Waals surface area contributed by atoms with Crippen LogP contribution in [-0.4, -0.2) is 62.0 Å². The van der Waals surface area contributed by atoms with Gasteiger partial charge in [0.15, 0.2) is 12.2 Å². The summed E-state index contributed by atoms with van der Waals surface area (Å²) in [6.07, 6.45) is -5.00. The largest absolute Gasteiger partial charge is 0.463 e. The fraction of sp³-hybridized carbons (Fsp3) is 0.394. The van der Waals surface area contributed by atoms with Crippen molar-refractivity contribution < 1.29 is 52.0 Å². The number of benzene rings is 2. The molecule has 1 unspecified atom stereocenters. The fourth-order valence-electron chi connectivity index (χ4n) is 5.42. The molecule has 4 rings (SSSR count). The minimum absolute atomic E-state index is 0.208. The molecule has 2 aromatic carbocycles. The molecule has 246 valence electrons. The van der Waals surface area contributed by atoms with Crippen LogP contribution >= 0.6 is 11.3 Å². The highest BCUT2D eigenvalue weighted by molar-refractivity contribution is 7.15. The monoisotopic (exact) mass is 657 g/mol. The van der Waals surface area contributed by atoms with Crippen LogP contribution in [0.5, 0.6) is 0 Å². The molecule has 0 aliphatic carbocycles. The molecule has 3 aromatic rings. The standard InChI is InChI=1S/C33H36FNO10S/c1-18(36)41-17-28-30(42-19(2)37)31(43-20(3)38)32(44-21(4)39)33(40-5,45-28)25-9-6-23(16-35)24(14-25)15-27-12-13-29(46-27)22-7-10-26(34)11-8-22/h6-14,28,30-32H,15-17,35H2,1-5H3/t28-,30-,31+,32-,33?/m1/s1. The van der Waals surface area contributed by atoms with Crippen LogP contribution in [0, 0.1) is 5.82 Å². The lowest BCUT2D eigenvalue weighted by atomic mass is 9.85. The van der Waals surface area contributed by atoms with E-state index in [9.17, 15) is 23.6 Å². The molecule has 1 aromatic heterocycles. The molecule has 1 saturated heterocycles. The summed E-state index contributed by atoms with van der Waals surface area (Å²) in [5, 5.41) is 0. The molecule has 0 saturated carbocycles. The van der Waals surface area contributed by atoms with Gasteiger partial charge in [-0.15, -0.1) is 11.3 Å². The van der Waals surface area contributed by atoms with E-state index in [2.05, 4.69) is 0 Å². The van der Waals surface area contributed by atoms with Crippen molar-refractivity contribution in [3.05, 3.63) is 82.0 Å². The number of ether oxygens (including phenoxy) is 6. The van der Waals surface area contributed by atoms with Crippen LogP contribution in [0.1, 0.15) is 49.3 Å². The predicted octanol–water partition coefficient (Wildman–Crippen LogP) is 4.16. The SMILES string of the molecule is COC1(c2ccc(CN)c(Cc3ccc(-c4ccc(F)cc4)s3)c2)O[C@H](COC(C)=O)[C@@H](OC(C)=O)[C@H](OC(C)=O)[C@H]1OC(C)=O. The van der Waals surface area contributed by atoms with Gasteiger partial charge in [0.25, 0.3) is 0 Å². The van der Waals surface area contributed by atoms with E-state index < -0.39 is 60.7 Å². The topological polar surface area (TPSA) is 150 Å². The average Bonchev–Trinajstić information content (AvgIpc) is 3.46. The molecule has 46 heavy (non-hydrogen) atoms. The molecule has 0 bridgehead atoms. The average molecular weight is 658 g/mol. The van der Waals surface area contributed by atoms with Gasteiger partial charge in [-0.05, 0) is 47.0 Å². The third-order valence-electron chi connectivity index (χ3n) is 7.32. The Labute approximate surface area is 269 Å². The first kappa shape index (κ1) is 34.7. The second-order valence-corrected chi connectivity index (χ2v) is 11.8. The van der Waals surface area contributed by atoms with E-state index in [0.29, 0.717) is 12.0 Å². The molecular formula is C33H36FNO10S. The van der Waals surface area contributed by atoms with Gasteiger partial charge < -0.3 is 34.2 Å². The van der Waals surface area contributed by atoms with Crippen LogP contribution in [0.4, 0.5) is 4.39 Å². The highest BCUT2D eigenvalue weighted by atomic mass is 32.1. The highest BCUT2D eigenvalue weighted by Gasteiger charge is 2.61. The van der Waals surface area contributed by atoms with E-state index in [4.69, 9.17) is 34.2 Å². The zero-order chi connectivity index (χ0) is 33.6. The molecule has 1 aliphatic heterocycles. The molecule has 0 spiro atoms. The molecule has 2 N–H and O–H groups in total. The number of methoxy groups -OCH3 is 1. The van der Waals surface area contributed by atoms with E-state index in [1.54, 1.807) is 30.3 Å². The quantitative estimate of drug-likeness (QED) is 0.234. The minimum atomic E-state index is -1.93. The fourth-order valence-corrected chi connectivity index (χ4v) is 6.45. The zero-order valence-electron chi connectivity index (χ0n) is 26.1. The van der Waals surface area contributed by atoms with Gasteiger partial charge >= 0.3 is 23.9 Å². The molecule has 5 atom stereocenters. The number of thiophene rings is 1. The molecule has 2 heterocycles. The first-order valence-electron chi connectivity index (χ1n) is 14.4. The molecule has 0 amide bonds. The first-order chi connectivity index (χ1) is 21.9. The number of carbonyl (C=O) groups excluding carboxylic acids is 4. The Morgan fingerprint density at radius 3 is 2.09 bits per heavy atom. The van der Waals surface area contributed by atoms with E-state index in [1.165, 1.54) is 37.5 Å². The summed E-state index contributed by atoms with van der Waals surface area (Å²) in [6.45, 7) is 4.46. The molecule has 0 radical (unpaired) electrons. The third-order valence-corrected chi connectivity index (χ3v) is 8.46. The lowest BCUT2D eigenvalue weighted by molar-refractivity contribution is -0.367. The van der Waals surface area contributed by atoms with E-state index in [0.717, 1.165) is 47.2 Å². The van der Waals surface area contributed by atoms with Crippen LogP contribution in [0.25, 0.3) is 10.4 Å². The van der Waals surface area contributed by atoms with Crippen LogP contribution in [0.2, 0.25) is 0 Å². The molecule has 11 nitrogen and oxygen atoms in total. The number of halogens is 1. The third kappa shape index (κ3) is 7.97. The normalized spacial score (nSPS) is 22.5. The van der Waals surface area contributed by atoms with Crippen molar-refractivity contribution in [2.24, 2.45) is 5.73 Å². The van der Waals surface area contributed by atoms with Gasteiger partial charge in [0.2, 0.25) is 11.9 Å². The van der Waals surface area contributed by atoms with Crippen molar-refractivity contribution in [1.82, 2.24) is 0 Å². The number of hydrogen-bond acceptors (Lipinski definition) is 12. The highest BCUT2D eigenvalue weighted by Crippen LogP contribution is 2.44. The Kier molecular flexibility index (Phi) is 11.3. The summed E-state index contributed by atoms with van der Waals surface area (Å²) in [7, 11) is 1.32. The van der Waals surface area contributed by atoms with Crippen LogP contribution in [0.3, 0.4) is 0 Å². The van der Waals surface area contributed by atoms with Crippen molar-refractivity contribution >= 4 is 35.2 Å². The van der Waals surface area contributed by atoms with Crippen molar-refractivity contribution in [3.63, 3.8) is 0 Å². The van der Waals surface area contributed by atoms with Gasteiger partial charge in [-0.2, -0.15) is 0 Å². The molecule has 1 aliphatic rings. The summed E-state index contributed by atoms with van der Waals surface area (Å²) in [5.74, 6) is -5.13. The number of esters is 4. The first-order valence-corrected chi connectivity index (χ1v) is 15.2.